The number of nitrogen functional groups attached to an aromatic ring is 3. The number of hydrogen-bond acceptors (Lipinski definition) is 20. The number of aliphatic hydroxyl groups excluding tert-OH is 1. The molecule has 23 nitrogen and oxygen atoms in total. The molecule has 0 aliphatic rings. The molecule has 0 atom stereocenters. The first kappa shape index (κ1) is 50.3. The van der Waals surface area contributed by atoms with Gasteiger partial charge in [-0.05, 0) is 93.6 Å². The van der Waals surface area contributed by atoms with Crippen LogP contribution in [-0.4, -0.2) is 85.9 Å². The Morgan fingerprint density at radius 2 is 0.803 bits per heavy atom. The number of aromatic nitrogens is 15. The molecule has 12 heterocycles. The first-order valence-electron chi connectivity index (χ1n) is 23.6. The van der Waals surface area contributed by atoms with Crippen molar-refractivity contribution < 1.29 is 23.1 Å². The Balaban J connectivity index is 0.000000130. The number of alkyl halides is 1. The molecule has 12 rings (SSSR count). The molecule has 7 N–H and O–H groups in total. The molecule has 12 aromatic heterocycles. The molecule has 0 aromatic carbocycles. The number of methoxy groups -OCH3 is 1. The van der Waals surface area contributed by atoms with Gasteiger partial charge in [-0.1, -0.05) is 34.1 Å². The fourth-order valence-electron chi connectivity index (χ4n) is 8.19. The summed E-state index contributed by atoms with van der Waals surface area (Å²) in [7, 11) is 1.65. The van der Waals surface area contributed by atoms with Crippen LogP contribution in [0.2, 0.25) is 0 Å². The lowest BCUT2D eigenvalue weighted by Crippen LogP contribution is -2.05. The van der Waals surface area contributed by atoms with Gasteiger partial charge < -0.3 is 40.3 Å². The largest absolute Gasteiger partial charge is 0.458 e. The molecule has 0 saturated heterocycles. The van der Waals surface area contributed by atoms with Crippen LogP contribution in [0.25, 0.3) is 51.7 Å². The third-order valence-corrected chi connectivity index (χ3v) is 12.1. The first-order chi connectivity index (χ1) is 36.9. The lowest BCUT2D eigenvalue weighted by molar-refractivity contribution is 0.181. The smallest absolute Gasteiger partial charge is 0.224 e. The molecule has 0 saturated carbocycles. The summed E-state index contributed by atoms with van der Waals surface area (Å²) in [5.74, 6) is 6.18. The van der Waals surface area contributed by atoms with Gasteiger partial charge in [-0.25, -0.2) is 0 Å². The van der Waals surface area contributed by atoms with Crippen LogP contribution in [0.5, 0.6) is 0 Å². The maximum Gasteiger partial charge on any atom is 0.224 e. The minimum absolute atomic E-state index is 0.0975. The Morgan fingerprint density at radius 1 is 0.461 bits per heavy atom. The zero-order valence-corrected chi connectivity index (χ0v) is 43.1. The van der Waals surface area contributed by atoms with Crippen LogP contribution in [0.15, 0.2) is 123 Å². The predicted octanol–water partition coefficient (Wildman–Crippen LogP) is 7.32. The SMILES string of the molecule is COCc1cccc(Cc2cnn3c(-c4ccc(C)o4)nc(N)nc23)n1.Cc1ccc(-c2nc(N)nc3c(Cc4cccc(CBr)n4)cnn23)o1.Cc1ccc(-c2nc(N)nc3c(Cc4cccc(CO)n4)cnn23)o1. The summed E-state index contributed by atoms with van der Waals surface area (Å²) in [6.45, 7) is 5.99. The number of fused-ring (bicyclic) bond motifs is 3. The summed E-state index contributed by atoms with van der Waals surface area (Å²) in [5, 5.41) is 23.2. The Bertz CT molecular complexity index is 3820. The van der Waals surface area contributed by atoms with E-state index in [-0.39, 0.29) is 24.5 Å². The number of aliphatic hydroxyl groups is 1. The van der Waals surface area contributed by atoms with E-state index in [1.54, 1.807) is 45.3 Å². The van der Waals surface area contributed by atoms with Crippen LogP contribution in [-0.2, 0) is 42.5 Å². The van der Waals surface area contributed by atoms with Crippen LogP contribution >= 0.6 is 15.9 Å². The van der Waals surface area contributed by atoms with E-state index in [9.17, 15) is 5.11 Å². The van der Waals surface area contributed by atoms with E-state index < -0.39 is 0 Å². The van der Waals surface area contributed by atoms with Gasteiger partial charge in [0.25, 0.3) is 0 Å². The molecule has 0 spiro atoms. The normalized spacial score (nSPS) is 11.3. The van der Waals surface area contributed by atoms with Crippen LogP contribution in [0, 0.1) is 20.8 Å². The fourth-order valence-corrected chi connectivity index (χ4v) is 8.51. The maximum absolute atomic E-state index is 9.23. The molecular weight excluding hydrogens is 1040 g/mol. The second-order valence-corrected chi connectivity index (χ2v) is 17.8. The number of ether oxygens (including phenoxy) is 1. The zero-order chi connectivity index (χ0) is 52.9. The van der Waals surface area contributed by atoms with Gasteiger partial charge in [-0.3, -0.25) is 15.0 Å². The van der Waals surface area contributed by atoms with Crippen molar-refractivity contribution in [1.82, 2.24) is 73.7 Å². The predicted molar refractivity (Wildman–Crippen MR) is 283 cm³/mol. The van der Waals surface area contributed by atoms with Crippen LogP contribution in [0.1, 0.15) is 68.1 Å². The summed E-state index contributed by atoms with van der Waals surface area (Å²) >= 11 is 3.43. The van der Waals surface area contributed by atoms with Gasteiger partial charge in [0.15, 0.2) is 34.2 Å². The number of furan rings is 3. The maximum atomic E-state index is 9.23. The Labute approximate surface area is 441 Å². The van der Waals surface area contributed by atoms with E-state index in [4.69, 9.17) is 35.2 Å². The molecule has 0 unspecified atom stereocenters. The van der Waals surface area contributed by atoms with E-state index in [1.165, 1.54) is 0 Å². The van der Waals surface area contributed by atoms with Crippen LogP contribution in [0.4, 0.5) is 17.8 Å². The standard InChI is InChI=1S/C18H18N6O2.C17H15BrN6O.C17H16N6O2/c1-11-6-7-15(26-11)17-23-18(19)22-16-12(9-20-24(16)17)8-13-4-3-5-14(21-13)10-25-2;1-10-5-6-14(25-10)16-23-17(19)22-15-11(9-20-24(15)16)7-12-3-2-4-13(8-18)21-12;1-10-5-6-14(25-10)16-22-17(18)21-15-11(8-19-23(15)16)7-12-3-2-4-13(9-24)20-12/h3-7,9H,8,10H2,1-2H3,(H2,19,22);2-6,9H,7-8H2,1H3,(H2,19,22);2-6,8,24H,7,9H2,1H3,(H2,18,21). The highest BCUT2D eigenvalue weighted by Crippen LogP contribution is 2.27. The van der Waals surface area contributed by atoms with Crippen molar-refractivity contribution in [1.29, 1.82) is 0 Å². The van der Waals surface area contributed by atoms with E-state index in [0.717, 1.165) is 62.4 Å². The molecule has 0 amide bonds. The van der Waals surface area contributed by atoms with Crippen molar-refractivity contribution in [3.05, 3.63) is 178 Å². The zero-order valence-electron chi connectivity index (χ0n) is 41.5. The Hall–Kier alpha value is -9.26. The summed E-state index contributed by atoms with van der Waals surface area (Å²) in [4.78, 5) is 39.5. The second-order valence-electron chi connectivity index (χ2n) is 17.3. The number of nitrogens with zero attached hydrogens (tertiary/aromatic N) is 15. The van der Waals surface area contributed by atoms with E-state index in [0.29, 0.717) is 88.6 Å². The van der Waals surface area contributed by atoms with Crippen LogP contribution < -0.4 is 17.2 Å². The molecule has 384 valence electrons. The molecule has 0 radical (unpaired) electrons. The highest BCUT2D eigenvalue weighted by Gasteiger charge is 2.20. The van der Waals surface area contributed by atoms with Gasteiger partial charge in [0, 0.05) is 65.5 Å². The minimum Gasteiger partial charge on any atom is -0.458 e. The third kappa shape index (κ3) is 11.1. The highest BCUT2D eigenvalue weighted by molar-refractivity contribution is 9.08. The number of pyridine rings is 3. The van der Waals surface area contributed by atoms with Gasteiger partial charge >= 0.3 is 0 Å². The van der Waals surface area contributed by atoms with Crippen molar-refractivity contribution in [3.8, 4) is 34.8 Å². The average Bonchev–Trinajstić information content (AvgIpc) is 4.31. The van der Waals surface area contributed by atoms with Crippen molar-refractivity contribution in [3.63, 3.8) is 0 Å². The summed E-state index contributed by atoms with van der Waals surface area (Å²) in [6, 6.07) is 28.4. The minimum atomic E-state index is -0.0975. The summed E-state index contributed by atoms with van der Waals surface area (Å²) in [5.41, 5.74) is 27.4. The third-order valence-electron chi connectivity index (χ3n) is 11.6. The quantitative estimate of drug-likeness (QED) is 0.0822. The molecule has 24 heteroatoms. The van der Waals surface area contributed by atoms with E-state index >= 15 is 0 Å². The molecule has 0 aliphatic heterocycles. The molecule has 0 fully saturated rings. The fraction of sp³-hybridized carbons (Fsp3) is 0.192. The lowest BCUT2D eigenvalue weighted by Gasteiger charge is -2.05. The van der Waals surface area contributed by atoms with E-state index in [2.05, 4.69) is 76.1 Å². The number of rotatable bonds is 13. The number of aryl methyl sites for hydroxylation is 3. The highest BCUT2D eigenvalue weighted by atomic mass is 79.9. The second kappa shape index (κ2) is 22.1. The summed E-state index contributed by atoms with van der Waals surface area (Å²) < 4.78 is 27.0. The van der Waals surface area contributed by atoms with Crippen LogP contribution in [0.3, 0.4) is 0 Å². The van der Waals surface area contributed by atoms with Gasteiger partial charge in [0.1, 0.15) is 17.3 Å². The number of nitrogens with two attached hydrogens (primary N) is 3. The lowest BCUT2D eigenvalue weighted by atomic mass is 10.1. The Kier molecular flexibility index (Phi) is 14.6. The van der Waals surface area contributed by atoms with Crippen molar-refractivity contribution in [2.75, 3.05) is 24.3 Å². The monoisotopic (exact) mass is 1080 g/mol. The van der Waals surface area contributed by atoms with Gasteiger partial charge in [-0.15, -0.1) is 0 Å². The van der Waals surface area contributed by atoms with Gasteiger partial charge in [0.2, 0.25) is 35.3 Å². The van der Waals surface area contributed by atoms with Crippen molar-refractivity contribution in [2.45, 2.75) is 58.6 Å². The topological polar surface area (TPSA) is 315 Å². The van der Waals surface area contributed by atoms with Crippen molar-refractivity contribution in [2.24, 2.45) is 0 Å². The number of anilines is 3. The molecule has 76 heavy (non-hydrogen) atoms. The first-order valence-corrected chi connectivity index (χ1v) is 24.7. The van der Waals surface area contributed by atoms with Gasteiger partial charge in [-0.2, -0.15) is 58.7 Å². The van der Waals surface area contributed by atoms with Crippen molar-refractivity contribution >= 4 is 50.7 Å². The summed E-state index contributed by atoms with van der Waals surface area (Å²) in [6.07, 6.45) is 6.95. The van der Waals surface area contributed by atoms with Gasteiger partial charge in [0.05, 0.1) is 48.9 Å². The van der Waals surface area contributed by atoms with E-state index in [1.807, 2.05) is 106 Å². The molecular formula is C52H49BrN18O5. The Morgan fingerprint density at radius 3 is 1.14 bits per heavy atom. The molecule has 12 aromatic rings. The average molecular weight is 1090 g/mol. The molecule has 0 aliphatic carbocycles. The number of hydrogen-bond donors (Lipinski definition) is 4. The number of halogens is 1. The molecule has 0 bridgehead atoms.